The van der Waals surface area contributed by atoms with E-state index in [0.717, 1.165) is 19.1 Å². The average molecular weight is 345 g/mol. The smallest absolute Gasteiger partial charge is 0.224 e. The summed E-state index contributed by atoms with van der Waals surface area (Å²) in [7, 11) is -7.13. The third kappa shape index (κ3) is 3.36. The number of sulfonamides is 1. The predicted octanol–water partition coefficient (Wildman–Crippen LogP) is 2.13. The predicted molar refractivity (Wildman–Crippen MR) is 86.2 cm³/mol. The van der Waals surface area contributed by atoms with Crippen molar-refractivity contribution in [2.24, 2.45) is 5.92 Å². The maximum absolute atomic E-state index is 12.9. The normalized spacial score (nSPS) is 21.0. The molecule has 2 rings (SSSR count). The number of piperidine rings is 1. The molecule has 5 nitrogen and oxygen atoms in total. The summed E-state index contributed by atoms with van der Waals surface area (Å²) in [5.41, 5.74) is 0.945. The minimum atomic E-state index is -3.66. The summed E-state index contributed by atoms with van der Waals surface area (Å²) in [6.45, 7) is 6.30. The molecule has 1 aromatic rings. The third-order valence-electron chi connectivity index (χ3n) is 4.09. The molecule has 22 heavy (non-hydrogen) atoms. The van der Waals surface area contributed by atoms with Crippen LogP contribution in [0.3, 0.4) is 0 Å². The molecular weight excluding hydrogens is 322 g/mol. The third-order valence-corrected chi connectivity index (χ3v) is 7.31. The van der Waals surface area contributed by atoms with Crippen LogP contribution in [0.2, 0.25) is 0 Å². The van der Waals surface area contributed by atoms with Crippen molar-refractivity contribution in [1.29, 1.82) is 0 Å². The monoisotopic (exact) mass is 345 g/mol. The molecule has 0 bridgehead atoms. The van der Waals surface area contributed by atoms with Gasteiger partial charge in [-0.3, -0.25) is 0 Å². The standard InChI is InChI=1S/C15H23NO4S2/c1-11-6-5-7-16(10-11)22(19,20)15-9-12(2)8-14(13(15)3)21(4,17)18/h8-9,11H,5-7,10H2,1-4H3/t11-/m0/s1. The lowest BCUT2D eigenvalue weighted by Gasteiger charge is -2.30. The summed E-state index contributed by atoms with van der Waals surface area (Å²) in [6, 6.07) is 3.10. The van der Waals surface area contributed by atoms with Gasteiger partial charge in [0.25, 0.3) is 0 Å². The second-order valence-electron chi connectivity index (χ2n) is 6.27. The van der Waals surface area contributed by atoms with Crippen LogP contribution in [0.25, 0.3) is 0 Å². The van der Waals surface area contributed by atoms with E-state index in [1.807, 2.05) is 6.92 Å². The van der Waals surface area contributed by atoms with Crippen molar-refractivity contribution in [3.63, 3.8) is 0 Å². The fraction of sp³-hybridized carbons (Fsp3) is 0.600. The van der Waals surface area contributed by atoms with Gasteiger partial charge in [0, 0.05) is 19.3 Å². The van der Waals surface area contributed by atoms with Crippen LogP contribution in [-0.4, -0.2) is 40.5 Å². The van der Waals surface area contributed by atoms with E-state index < -0.39 is 19.9 Å². The van der Waals surface area contributed by atoms with E-state index in [1.165, 1.54) is 10.4 Å². The summed E-state index contributed by atoms with van der Waals surface area (Å²) in [5.74, 6) is 0.322. The maximum Gasteiger partial charge on any atom is 0.243 e. The van der Waals surface area contributed by atoms with Crippen LogP contribution < -0.4 is 0 Å². The quantitative estimate of drug-likeness (QED) is 0.841. The number of hydrogen-bond donors (Lipinski definition) is 0. The number of aryl methyl sites for hydroxylation is 1. The number of rotatable bonds is 3. The Kier molecular flexibility index (Phi) is 4.71. The molecule has 0 amide bonds. The van der Waals surface area contributed by atoms with Gasteiger partial charge in [-0.15, -0.1) is 0 Å². The highest BCUT2D eigenvalue weighted by Crippen LogP contribution is 2.29. The Bertz CT molecular complexity index is 782. The minimum absolute atomic E-state index is 0.0936. The molecule has 1 heterocycles. The fourth-order valence-corrected chi connectivity index (χ4v) is 6.01. The first-order chi connectivity index (χ1) is 10.0. The molecule has 1 saturated heterocycles. The van der Waals surface area contributed by atoms with Gasteiger partial charge in [-0.2, -0.15) is 4.31 Å². The Balaban J connectivity index is 2.59. The van der Waals surface area contributed by atoms with E-state index in [1.54, 1.807) is 19.9 Å². The Morgan fingerprint density at radius 1 is 1.09 bits per heavy atom. The first-order valence-electron chi connectivity index (χ1n) is 7.35. The molecule has 1 atom stereocenters. The van der Waals surface area contributed by atoms with Crippen LogP contribution in [-0.2, 0) is 19.9 Å². The van der Waals surface area contributed by atoms with E-state index in [9.17, 15) is 16.8 Å². The van der Waals surface area contributed by atoms with Crippen LogP contribution in [0.4, 0.5) is 0 Å². The van der Waals surface area contributed by atoms with E-state index in [0.29, 0.717) is 30.1 Å². The van der Waals surface area contributed by atoms with Crippen LogP contribution >= 0.6 is 0 Å². The molecule has 0 aromatic heterocycles. The van der Waals surface area contributed by atoms with E-state index in [-0.39, 0.29) is 9.79 Å². The number of nitrogens with zero attached hydrogens (tertiary/aromatic N) is 1. The lowest BCUT2D eigenvalue weighted by molar-refractivity contribution is 0.281. The lowest BCUT2D eigenvalue weighted by Crippen LogP contribution is -2.39. The topological polar surface area (TPSA) is 71.5 Å². The zero-order valence-electron chi connectivity index (χ0n) is 13.5. The average Bonchev–Trinajstić information content (AvgIpc) is 2.39. The largest absolute Gasteiger partial charge is 0.243 e. The molecule has 124 valence electrons. The molecule has 0 radical (unpaired) electrons. The molecule has 0 N–H and O–H groups in total. The summed E-state index contributed by atoms with van der Waals surface area (Å²) >= 11 is 0. The number of sulfone groups is 1. The van der Waals surface area contributed by atoms with Crippen molar-refractivity contribution in [3.05, 3.63) is 23.3 Å². The maximum atomic E-state index is 12.9. The van der Waals surface area contributed by atoms with Gasteiger partial charge in [0.1, 0.15) is 0 Å². The highest BCUT2D eigenvalue weighted by atomic mass is 32.2. The molecule has 1 aromatic carbocycles. The summed E-state index contributed by atoms with van der Waals surface area (Å²) in [5, 5.41) is 0. The van der Waals surface area contributed by atoms with Gasteiger partial charge in [0.05, 0.1) is 9.79 Å². The van der Waals surface area contributed by atoms with Crippen LogP contribution in [0.15, 0.2) is 21.9 Å². The van der Waals surface area contributed by atoms with Crippen molar-refractivity contribution < 1.29 is 16.8 Å². The highest BCUT2D eigenvalue weighted by Gasteiger charge is 2.31. The second-order valence-corrected chi connectivity index (χ2v) is 10.2. The Morgan fingerprint density at radius 3 is 2.23 bits per heavy atom. The van der Waals surface area contributed by atoms with E-state index in [4.69, 9.17) is 0 Å². The summed E-state index contributed by atoms with van der Waals surface area (Å²) in [6.07, 6.45) is 2.96. The van der Waals surface area contributed by atoms with Crippen molar-refractivity contribution >= 4 is 19.9 Å². The Labute approximate surface area is 133 Å². The molecule has 1 aliphatic rings. The van der Waals surface area contributed by atoms with Crippen LogP contribution in [0, 0.1) is 19.8 Å². The van der Waals surface area contributed by atoms with Crippen molar-refractivity contribution in [2.45, 2.75) is 43.4 Å². The van der Waals surface area contributed by atoms with Crippen LogP contribution in [0.5, 0.6) is 0 Å². The Morgan fingerprint density at radius 2 is 1.68 bits per heavy atom. The lowest BCUT2D eigenvalue weighted by atomic mass is 10.0. The van der Waals surface area contributed by atoms with Gasteiger partial charge >= 0.3 is 0 Å². The van der Waals surface area contributed by atoms with Gasteiger partial charge in [0.2, 0.25) is 10.0 Å². The van der Waals surface area contributed by atoms with Crippen molar-refractivity contribution in [3.8, 4) is 0 Å². The van der Waals surface area contributed by atoms with Crippen molar-refractivity contribution in [1.82, 2.24) is 4.31 Å². The highest BCUT2D eigenvalue weighted by molar-refractivity contribution is 7.91. The molecule has 0 unspecified atom stereocenters. The van der Waals surface area contributed by atoms with Gasteiger partial charge in [-0.05, 0) is 55.9 Å². The Hall–Kier alpha value is -0.920. The summed E-state index contributed by atoms with van der Waals surface area (Å²) in [4.78, 5) is 0.207. The molecule has 0 aliphatic carbocycles. The van der Waals surface area contributed by atoms with Gasteiger partial charge in [0.15, 0.2) is 9.84 Å². The van der Waals surface area contributed by atoms with Crippen molar-refractivity contribution in [2.75, 3.05) is 19.3 Å². The molecule has 1 aliphatic heterocycles. The molecule has 0 saturated carbocycles. The van der Waals surface area contributed by atoms with E-state index in [2.05, 4.69) is 0 Å². The first-order valence-corrected chi connectivity index (χ1v) is 10.7. The number of benzene rings is 1. The second kappa shape index (κ2) is 5.94. The van der Waals surface area contributed by atoms with E-state index >= 15 is 0 Å². The number of hydrogen-bond acceptors (Lipinski definition) is 4. The van der Waals surface area contributed by atoms with Gasteiger partial charge < -0.3 is 0 Å². The zero-order chi connectivity index (χ0) is 16.7. The van der Waals surface area contributed by atoms with Gasteiger partial charge in [-0.1, -0.05) is 6.92 Å². The molecule has 0 spiro atoms. The first kappa shape index (κ1) is 17.4. The molecular formula is C15H23NO4S2. The fourth-order valence-electron chi connectivity index (χ4n) is 2.95. The summed E-state index contributed by atoms with van der Waals surface area (Å²) < 4.78 is 51.1. The SMILES string of the molecule is Cc1cc(S(C)(=O)=O)c(C)c(S(=O)(=O)N2CCC[C@H](C)C2)c1. The van der Waals surface area contributed by atoms with Gasteiger partial charge in [-0.25, -0.2) is 16.8 Å². The molecule has 7 heteroatoms. The van der Waals surface area contributed by atoms with Crippen LogP contribution in [0.1, 0.15) is 30.9 Å². The zero-order valence-corrected chi connectivity index (χ0v) is 15.1. The minimum Gasteiger partial charge on any atom is -0.224 e. The molecule has 1 fully saturated rings.